The van der Waals surface area contributed by atoms with Gasteiger partial charge in [-0.2, -0.15) is 0 Å². The first-order valence-electron chi connectivity index (χ1n) is 4.40. The van der Waals surface area contributed by atoms with Gasteiger partial charge in [0, 0.05) is 17.9 Å². The van der Waals surface area contributed by atoms with Crippen LogP contribution in [0.3, 0.4) is 0 Å². The number of nitrogens with zero attached hydrogens (tertiary/aromatic N) is 1. The number of imide groups is 1. The van der Waals surface area contributed by atoms with E-state index in [0.29, 0.717) is 15.7 Å². The van der Waals surface area contributed by atoms with Crippen molar-refractivity contribution in [3.63, 3.8) is 0 Å². The molecule has 0 saturated carbocycles. The molecule has 15 heavy (non-hydrogen) atoms. The molecular weight excluding hydrogens is 237 g/mol. The minimum absolute atomic E-state index is 0.218. The Morgan fingerprint density at radius 3 is 2.20 bits per heavy atom. The maximum Gasteiger partial charge on any atom is 0.234 e. The molecule has 0 spiro atoms. The summed E-state index contributed by atoms with van der Waals surface area (Å²) in [5.41, 5.74) is 0.411. The molecule has 5 heteroatoms. The predicted octanol–water partition coefficient (Wildman–Crippen LogP) is 2.65. The number of hydrogen-bond acceptors (Lipinski definition) is 2. The van der Waals surface area contributed by atoms with E-state index in [0.717, 1.165) is 4.90 Å². The van der Waals surface area contributed by atoms with Gasteiger partial charge in [-0.05, 0) is 18.2 Å². The minimum atomic E-state index is -0.218. The number of rotatable bonds is 1. The molecule has 1 fully saturated rings. The molecular formula is C10H7Cl2NO2. The van der Waals surface area contributed by atoms with Crippen molar-refractivity contribution in [2.75, 3.05) is 4.90 Å². The number of hydrogen-bond donors (Lipinski definition) is 0. The molecule has 0 radical (unpaired) electrons. The molecule has 1 heterocycles. The summed E-state index contributed by atoms with van der Waals surface area (Å²) in [7, 11) is 0. The molecule has 1 aromatic rings. The van der Waals surface area contributed by atoms with Crippen molar-refractivity contribution < 1.29 is 9.59 Å². The maximum absolute atomic E-state index is 11.4. The third-order valence-corrected chi connectivity index (χ3v) is 2.74. The van der Waals surface area contributed by atoms with Crippen molar-refractivity contribution in [2.24, 2.45) is 0 Å². The standard InChI is InChI=1S/C10H7Cl2NO2/c11-6-1-2-8(7(12)5-6)13-9(14)3-4-10(13)15/h1-2,5H,3-4H2. The van der Waals surface area contributed by atoms with Crippen LogP contribution in [0.2, 0.25) is 10.0 Å². The van der Waals surface area contributed by atoms with Crippen LogP contribution in [0.4, 0.5) is 5.69 Å². The zero-order valence-corrected chi connectivity index (χ0v) is 9.18. The number of amides is 2. The number of halogens is 2. The highest BCUT2D eigenvalue weighted by molar-refractivity contribution is 6.38. The molecule has 2 rings (SSSR count). The fraction of sp³-hybridized carbons (Fsp3) is 0.200. The Labute approximate surface area is 96.6 Å². The average Bonchev–Trinajstić information content (AvgIpc) is 2.48. The van der Waals surface area contributed by atoms with E-state index in [1.807, 2.05) is 0 Å². The fourth-order valence-corrected chi connectivity index (χ4v) is 2.00. The van der Waals surface area contributed by atoms with Crippen LogP contribution in [-0.4, -0.2) is 11.8 Å². The number of carbonyl (C=O) groups excluding carboxylic acids is 2. The minimum Gasteiger partial charge on any atom is -0.274 e. The highest BCUT2D eigenvalue weighted by Gasteiger charge is 2.31. The van der Waals surface area contributed by atoms with Gasteiger partial charge in [-0.1, -0.05) is 23.2 Å². The Morgan fingerprint density at radius 2 is 1.67 bits per heavy atom. The van der Waals surface area contributed by atoms with Crippen molar-refractivity contribution in [2.45, 2.75) is 12.8 Å². The monoisotopic (exact) mass is 243 g/mol. The third kappa shape index (κ3) is 1.85. The predicted molar refractivity (Wildman–Crippen MR) is 58.2 cm³/mol. The highest BCUT2D eigenvalue weighted by atomic mass is 35.5. The first kappa shape index (κ1) is 10.5. The second-order valence-electron chi connectivity index (χ2n) is 3.22. The first-order chi connectivity index (χ1) is 7.09. The molecule has 0 atom stereocenters. The summed E-state index contributed by atoms with van der Waals surface area (Å²) >= 11 is 11.6. The first-order valence-corrected chi connectivity index (χ1v) is 5.16. The summed E-state index contributed by atoms with van der Waals surface area (Å²) in [6.45, 7) is 0. The largest absolute Gasteiger partial charge is 0.274 e. The smallest absolute Gasteiger partial charge is 0.234 e. The molecule has 2 amide bonds. The van der Waals surface area contributed by atoms with Gasteiger partial charge in [0.2, 0.25) is 11.8 Å². The lowest BCUT2D eigenvalue weighted by Crippen LogP contribution is -2.28. The number of carbonyl (C=O) groups is 2. The second kappa shape index (κ2) is 3.83. The van der Waals surface area contributed by atoms with Gasteiger partial charge in [-0.3, -0.25) is 9.59 Å². The average molecular weight is 244 g/mol. The van der Waals surface area contributed by atoms with Gasteiger partial charge in [-0.15, -0.1) is 0 Å². The zero-order chi connectivity index (χ0) is 11.0. The van der Waals surface area contributed by atoms with E-state index < -0.39 is 0 Å². The molecule has 0 unspecified atom stereocenters. The van der Waals surface area contributed by atoms with E-state index in [1.54, 1.807) is 12.1 Å². The van der Waals surface area contributed by atoms with Crippen molar-refractivity contribution >= 4 is 40.7 Å². The molecule has 1 aromatic carbocycles. The molecule has 1 aliphatic heterocycles. The highest BCUT2D eigenvalue weighted by Crippen LogP contribution is 2.31. The van der Waals surface area contributed by atoms with E-state index in [2.05, 4.69) is 0 Å². The topological polar surface area (TPSA) is 37.4 Å². The van der Waals surface area contributed by atoms with Crippen LogP contribution in [-0.2, 0) is 9.59 Å². The quantitative estimate of drug-likeness (QED) is 0.712. The van der Waals surface area contributed by atoms with Crippen LogP contribution < -0.4 is 4.90 Å². The number of anilines is 1. The SMILES string of the molecule is O=C1CCC(=O)N1c1ccc(Cl)cc1Cl. The Bertz CT molecular complexity index is 429. The molecule has 1 aliphatic rings. The summed E-state index contributed by atoms with van der Waals surface area (Å²) in [5, 5.41) is 0.786. The summed E-state index contributed by atoms with van der Waals surface area (Å²) in [5.74, 6) is -0.437. The Hall–Kier alpha value is -1.06. The van der Waals surface area contributed by atoms with E-state index in [-0.39, 0.29) is 24.7 Å². The molecule has 1 saturated heterocycles. The summed E-state index contributed by atoms with van der Waals surface area (Å²) in [6.07, 6.45) is 0.496. The fourth-order valence-electron chi connectivity index (χ4n) is 1.51. The lowest BCUT2D eigenvalue weighted by molar-refractivity contribution is -0.121. The van der Waals surface area contributed by atoms with Crippen molar-refractivity contribution in [3.05, 3.63) is 28.2 Å². The van der Waals surface area contributed by atoms with Gasteiger partial charge < -0.3 is 0 Å². The van der Waals surface area contributed by atoms with Crippen molar-refractivity contribution in [3.8, 4) is 0 Å². The normalized spacial score (nSPS) is 16.3. The lowest BCUT2D eigenvalue weighted by Gasteiger charge is -2.15. The Kier molecular flexibility index (Phi) is 2.67. The van der Waals surface area contributed by atoms with Gasteiger partial charge in [0.25, 0.3) is 0 Å². The van der Waals surface area contributed by atoms with Gasteiger partial charge in [-0.25, -0.2) is 4.90 Å². The van der Waals surface area contributed by atoms with E-state index in [1.165, 1.54) is 6.07 Å². The van der Waals surface area contributed by atoms with Crippen LogP contribution >= 0.6 is 23.2 Å². The molecule has 3 nitrogen and oxygen atoms in total. The second-order valence-corrected chi connectivity index (χ2v) is 4.06. The van der Waals surface area contributed by atoms with Gasteiger partial charge in [0.1, 0.15) is 0 Å². The van der Waals surface area contributed by atoms with E-state index in [4.69, 9.17) is 23.2 Å². The number of benzene rings is 1. The van der Waals surface area contributed by atoms with Crippen LogP contribution in [0.15, 0.2) is 18.2 Å². The third-order valence-electron chi connectivity index (χ3n) is 2.20. The summed E-state index contributed by atoms with van der Waals surface area (Å²) in [6, 6.07) is 4.69. The molecule has 0 aromatic heterocycles. The summed E-state index contributed by atoms with van der Waals surface area (Å²) in [4.78, 5) is 24.0. The van der Waals surface area contributed by atoms with Crippen LogP contribution in [0.5, 0.6) is 0 Å². The van der Waals surface area contributed by atoms with Crippen LogP contribution in [0.1, 0.15) is 12.8 Å². The van der Waals surface area contributed by atoms with Crippen LogP contribution in [0, 0.1) is 0 Å². The van der Waals surface area contributed by atoms with Gasteiger partial charge >= 0.3 is 0 Å². The van der Waals surface area contributed by atoms with Gasteiger partial charge in [0.15, 0.2) is 0 Å². The van der Waals surface area contributed by atoms with Crippen LogP contribution in [0.25, 0.3) is 0 Å². The van der Waals surface area contributed by atoms with Crippen molar-refractivity contribution in [1.82, 2.24) is 0 Å². The molecule has 0 bridgehead atoms. The Balaban J connectivity index is 2.45. The zero-order valence-electron chi connectivity index (χ0n) is 7.67. The lowest BCUT2D eigenvalue weighted by atomic mass is 10.3. The van der Waals surface area contributed by atoms with E-state index in [9.17, 15) is 9.59 Å². The van der Waals surface area contributed by atoms with Gasteiger partial charge in [0.05, 0.1) is 10.7 Å². The van der Waals surface area contributed by atoms with E-state index >= 15 is 0 Å². The maximum atomic E-state index is 11.4. The molecule has 0 N–H and O–H groups in total. The Morgan fingerprint density at radius 1 is 1.07 bits per heavy atom. The van der Waals surface area contributed by atoms with Crippen molar-refractivity contribution in [1.29, 1.82) is 0 Å². The molecule has 0 aliphatic carbocycles. The summed E-state index contributed by atoms with van der Waals surface area (Å²) < 4.78 is 0. The molecule has 78 valence electrons.